The monoisotopic (exact) mass is 501 g/mol. The second-order valence-corrected chi connectivity index (χ2v) is 8.78. The van der Waals surface area contributed by atoms with E-state index < -0.39 is 34.3 Å². The second-order valence-electron chi connectivity index (χ2n) is 8.78. The van der Waals surface area contributed by atoms with Crippen molar-refractivity contribution < 1.29 is 24.7 Å². The van der Waals surface area contributed by atoms with Crippen molar-refractivity contribution in [2.75, 3.05) is 13.2 Å². The predicted octanol–water partition coefficient (Wildman–Crippen LogP) is 3.37. The lowest BCUT2D eigenvalue weighted by molar-refractivity contribution is -0.386. The first-order chi connectivity index (χ1) is 17.8. The number of nitrogens with zero attached hydrogens (tertiary/aromatic N) is 1. The molecule has 0 aliphatic heterocycles. The molecule has 0 saturated carbocycles. The van der Waals surface area contributed by atoms with Crippen LogP contribution in [0, 0.1) is 10.1 Å². The average molecular weight is 501 g/mol. The normalized spacial score (nSPS) is 14.0. The number of aromatic amines is 1. The molecule has 188 valence electrons. The molecule has 37 heavy (non-hydrogen) atoms. The van der Waals surface area contributed by atoms with E-state index in [1.807, 2.05) is 48.5 Å². The van der Waals surface area contributed by atoms with Gasteiger partial charge >= 0.3 is 11.8 Å². The lowest BCUT2D eigenvalue weighted by atomic mass is 9.98. The summed E-state index contributed by atoms with van der Waals surface area (Å²) < 4.78 is 5.43. The third-order valence-electron chi connectivity index (χ3n) is 6.59. The number of amides is 1. The van der Waals surface area contributed by atoms with Crippen LogP contribution in [0.25, 0.3) is 22.0 Å². The first-order valence-corrected chi connectivity index (χ1v) is 11.6. The van der Waals surface area contributed by atoms with Crippen LogP contribution in [0.5, 0.6) is 0 Å². The molecule has 1 aromatic heterocycles. The van der Waals surface area contributed by atoms with Gasteiger partial charge in [-0.05, 0) is 39.9 Å². The van der Waals surface area contributed by atoms with E-state index in [0.29, 0.717) is 5.52 Å². The van der Waals surface area contributed by atoms with Crippen molar-refractivity contribution in [1.82, 2.24) is 10.3 Å². The number of ether oxygens (including phenoxy) is 1. The van der Waals surface area contributed by atoms with E-state index in [9.17, 15) is 29.9 Å². The van der Waals surface area contributed by atoms with Crippen LogP contribution in [0.4, 0.5) is 10.5 Å². The SMILES string of the molecule is O=C(NCC(O)C(O)c1ccc2[nH]cc([N+](=O)[O-])c(=O)c2c1)OCC1c2ccccc2-c2ccccc21. The van der Waals surface area contributed by atoms with Crippen LogP contribution in [0.15, 0.2) is 77.7 Å². The lowest BCUT2D eigenvalue weighted by Gasteiger charge is -2.19. The maximum atomic E-state index is 12.4. The number of pyridine rings is 1. The highest BCUT2D eigenvalue weighted by atomic mass is 16.6. The summed E-state index contributed by atoms with van der Waals surface area (Å²) in [5.74, 6) is -0.117. The fourth-order valence-electron chi connectivity index (χ4n) is 4.72. The van der Waals surface area contributed by atoms with E-state index in [1.54, 1.807) is 0 Å². The Labute approximate surface area is 210 Å². The summed E-state index contributed by atoms with van der Waals surface area (Å²) in [5, 5.41) is 34.5. The fourth-order valence-corrected chi connectivity index (χ4v) is 4.72. The molecule has 0 fully saturated rings. The van der Waals surface area contributed by atoms with Gasteiger partial charge in [-0.2, -0.15) is 0 Å². The molecule has 2 unspecified atom stereocenters. The number of aromatic nitrogens is 1. The van der Waals surface area contributed by atoms with Crippen molar-refractivity contribution in [2.24, 2.45) is 0 Å². The summed E-state index contributed by atoms with van der Waals surface area (Å²) in [5.41, 5.74) is 3.42. The van der Waals surface area contributed by atoms with Crippen LogP contribution in [-0.2, 0) is 4.74 Å². The van der Waals surface area contributed by atoms with Crippen molar-refractivity contribution >= 4 is 22.7 Å². The number of carbonyl (C=O) groups excluding carboxylic acids is 1. The number of benzene rings is 3. The molecule has 0 spiro atoms. The Balaban J connectivity index is 1.22. The molecule has 1 heterocycles. The second kappa shape index (κ2) is 9.84. The smallest absolute Gasteiger partial charge is 0.407 e. The van der Waals surface area contributed by atoms with Crippen molar-refractivity contribution in [3.63, 3.8) is 0 Å². The standard InChI is InChI=1S/C27H23N3O7/c31-24(25(32)15-9-10-22-20(11-15)26(33)23(12-28-22)30(35)36)13-29-27(34)37-14-21-18-7-3-1-5-16(18)17-6-2-4-8-19(17)21/h1-12,21,24-25,31-32H,13-14H2,(H,28,33)(H,29,34). The molecule has 4 aromatic rings. The summed E-state index contributed by atoms with van der Waals surface area (Å²) in [6.45, 7) is -0.216. The summed E-state index contributed by atoms with van der Waals surface area (Å²) in [4.78, 5) is 37.7. The molecule has 1 aliphatic rings. The molecule has 4 N–H and O–H groups in total. The molecule has 1 amide bonds. The highest BCUT2D eigenvalue weighted by molar-refractivity contribution is 5.81. The van der Waals surface area contributed by atoms with Crippen LogP contribution >= 0.6 is 0 Å². The highest BCUT2D eigenvalue weighted by Crippen LogP contribution is 2.44. The van der Waals surface area contributed by atoms with Gasteiger partial charge in [-0.3, -0.25) is 14.9 Å². The average Bonchev–Trinajstić information content (AvgIpc) is 3.23. The maximum Gasteiger partial charge on any atom is 0.407 e. The molecule has 0 radical (unpaired) electrons. The van der Waals surface area contributed by atoms with E-state index in [2.05, 4.69) is 10.3 Å². The number of carbonyl (C=O) groups is 1. The zero-order valence-corrected chi connectivity index (χ0v) is 19.5. The van der Waals surface area contributed by atoms with Gasteiger partial charge in [0.05, 0.1) is 16.5 Å². The molecule has 0 saturated heterocycles. The van der Waals surface area contributed by atoms with Crippen molar-refractivity contribution in [1.29, 1.82) is 0 Å². The number of nitrogens with one attached hydrogen (secondary N) is 2. The molecular formula is C27H23N3O7. The first kappa shape index (κ1) is 24.2. The number of H-pyrrole nitrogens is 1. The van der Waals surface area contributed by atoms with Gasteiger partial charge in [0.1, 0.15) is 18.8 Å². The molecule has 2 atom stereocenters. The Hall–Kier alpha value is -4.54. The lowest BCUT2D eigenvalue weighted by Crippen LogP contribution is -2.36. The minimum Gasteiger partial charge on any atom is -0.449 e. The largest absolute Gasteiger partial charge is 0.449 e. The summed E-state index contributed by atoms with van der Waals surface area (Å²) >= 11 is 0. The van der Waals surface area contributed by atoms with Crippen molar-refractivity contribution in [2.45, 2.75) is 18.1 Å². The van der Waals surface area contributed by atoms with Crippen LogP contribution in [0.1, 0.15) is 28.7 Å². The zero-order valence-electron chi connectivity index (χ0n) is 19.5. The number of rotatable bonds is 7. The Kier molecular flexibility index (Phi) is 6.43. The third-order valence-corrected chi connectivity index (χ3v) is 6.59. The van der Waals surface area contributed by atoms with Crippen molar-refractivity contribution in [3.05, 3.63) is 110 Å². The van der Waals surface area contributed by atoms with Gasteiger partial charge in [0.2, 0.25) is 0 Å². The third kappa shape index (κ3) is 4.55. The zero-order chi connectivity index (χ0) is 26.1. The summed E-state index contributed by atoms with van der Waals surface area (Å²) in [7, 11) is 0. The van der Waals surface area contributed by atoms with Gasteiger partial charge in [0.15, 0.2) is 0 Å². The van der Waals surface area contributed by atoms with E-state index in [0.717, 1.165) is 28.5 Å². The number of alkyl carbamates (subject to hydrolysis) is 1. The van der Waals surface area contributed by atoms with E-state index in [1.165, 1.54) is 18.2 Å². The highest BCUT2D eigenvalue weighted by Gasteiger charge is 2.29. The van der Waals surface area contributed by atoms with Crippen LogP contribution in [0.2, 0.25) is 0 Å². The maximum absolute atomic E-state index is 12.4. The Bertz CT molecular complexity index is 1520. The Morgan fingerprint density at radius 2 is 1.70 bits per heavy atom. The molecule has 10 nitrogen and oxygen atoms in total. The molecule has 3 aromatic carbocycles. The van der Waals surface area contributed by atoms with Gasteiger partial charge < -0.3 is 25.3 Å². The van der Waals surface area contributed by atoms with Gasteiger partial charge in [0.25, 0.3) is 5.43 Å². The minimum atomic E-state index is -1.46. The van der Waals surface area contributed by atoms with Gasteiger partial charge in [-0.25, -0.2) is 4.79 Å². The molecule has 1 aliphatic carbocycles. The van der Waals surface area contributed by atoms with Crippen LogP contribution in [-0.4, -0.2) is 45.5 Å². The van der Waals surface area contributed by atoms with E-state index in [-0.39, 0.29) is 30.0 Å². The molecular weight excluding hydrogens is 478 g/mol. The van der Waals surface area contributed by atoms with E-state index >= 15 is 0 Å². The van der Waals surface area contributed by atoms with Crippen molar-refractivity contribution in [3.8, 4) is 11.1 Å². The fraction of sp³-hybridized carbons (Fsp3) is 0.185. The number of aliphatic hydroxyl groups is 2. The summed E-state index contributed by atoms with van der Waals surface area (Å²) in [6, 6.07) is 20.1. The quantitative estimate of drug-likeness (QED) is 0.224. The van der Waals surface area contributed by atoms with Gasteiger partial charge in [0, 0.05) is 18.0 Å². The number of fused-ring (bicyclic) bond motifs is 4. The number of aliphatic hydroxyl groups excluding tert-OH is 2. The first-order valence-electron chi connectivity index (χ1n) is 11.6. The minimum absolute atomic E-state index is 0.00226. The number of hydrogen-bond acceptors (Lipinski definition) is 7. The predicted molar refractivity (Wildman–Crippen MR) is 135 cm³/mol. The number of nitro groups is 1. The molecule has 0 bridgehead atoms. The Morgan fingerprint density at radius 3 is 2.35 bits per heavy atom. The van der Waals surface area contributed by atoms with Gasteiger partial charge in [-0.1, -0.05) is 54.6 Å². The van der Waals surface area contributed by atoms with Crippen LogP contribution < -0.4 is 10.7 Å². The molecule has 5 rings (SSSR count). The number of hydrogen-bond donors (Lipinski definition) is 4. The Morgan fingerprint density at radius 1 is 1.05 bits per heavy atom. The van der Waals surface area contributed by atoms with Gasteiger partial charge in [-0.15, -0.1) is 0 Å². The summed E-state index contributed by atoms with van der Waals surface area (Å²) in [6.07, 6.45) is -2.63. The van der Waals surface area contributed by atoms with Crippen LogP contribution in [0.3, 0.4) is 0 Å². The van der Waals surface area contributed by atoms with E-state index in [4.69, 9.17) is 4.74 Å². The topological polar surface area (TPSA) is 155 Å². The molecule has 10 heteroatoms.